The molecule has 45 heavy (non-hydrogen) atoms. The van der Waals surface area contributed by atoms with Crippen molar-refractivity contribution >= 4 is 48.2 Å². The second-order valence-corrected chi connectivity index (χ2v) is 14.7. The molecule has 1 radical (unpaired) electrons. The van der Waals surface area contributed by atoms with Gasteiger partial charge in [0.05, 0.1) is 11.3 Å². The number of alkyl halides is 1. The number of hydrogen-bond acceptors (Lipinski definition) is 5. The first-order valence-electron chi connectivity index (χ1n) is 15.4. The zero-order valence-electron chi connectivity index (χ0n) is 27.5. The van der Waals surface area contributed by atoms with Crippen molar-refractivity contribution in [1.29, 1.82) is 0 Å². The van der Waals surface area contributed by atoms with Gasteiger partial charge in [-0.1, -0.05) is 96.7 Å². The van der Waals surface area contributed by atoms with Gasteiger partial charge >= 0.3 is 0 Å². The minimum absolute atomic E-state index is 0. The number of rotatable bonds is 7. The molecule has 0 bridgehead atoms. The Morgan fingerprint density at radius 3 is 2.31 bits per heavy atom. The SMILES string of the molecule is CC(C)(C)Cc1ccc2c(c1)sc1c(-c3[c-]c4ccccc4c(C(C)(C)C)c3)ncnc12.CCC(CC)/C(O)=C/C(=O)CF.[Ir]. The zero-order valence-corrected chi connectivity index (χ0v) is 30.8. The molecule has 241 valence electrons. The summed E-state index contributed by atoms with van der Waals surface area (Å²) in [7, 11) is 0. The van der Waals surface area contributed by atoms with Crippen LogP contribution in [-0.4, -0.2) is 27.5 Å². The molecule has 0 aliphatic heterocycles. The van der Waals surface area contributed by atoms with Crippen LogP contribution in [0.3, 0.4) is 0 Å². The Kier molecular flexibility index (Phi) is 12.2. The van der Waals surface area contributed by atoms with Gasteiger partial charge in [0.25, 0.3) is 0 Å². The number of carbonyl (C=O) groups excluding carboxylic acids is 1. The van der Waals surface area contributed by atoms with Crippen molar-refractivity contribution in [3.63, 3.8) is 0 Å². The molecule has 0 atom stereocenters. The van der Waals surface area contributed by atoms with Crippen LogP contribution in [0.15, 0.2) is 66.7 Å². The quantitative estimate of drug-likeness (QED) is 0.101. The van der Waals surface area contributed by atoms with E-state index in [0.717, 1.165) is 52.2 Å². The predicted octanol–water partition coefficient (Wildman–Crippen LogP) is 10.8. The number of benzene rings is 3. The van der Waals surface area contributed by atoms with Crippen molar-refractivity contribution in [3.8, 4) is 11.3 Å². The van der Waals surface area contributed by atoms with E-state index in [0.29, 0.717) is 0 Å². The van der Waals surface area contributed by atoms with E-state index in [-0.39, 0.29) is 42.6 Å². The molecule has 0 fully saturated rings. The van der Waals surface area contributed by atoms with Crippen LogP contribution < -0.4 is 0 Å². The third kappa shape index (κ3) is 8.84. The van der Waals surface area contributed by atoms with Crippen molar-refractivity contribution in [2.75, 3.05) is 6.67 Å². The largest absolute Gasteiger partial charge is 0.512 e. The Hall–Kier alpha value is -2.99. The first-order chi connectivity index (χ1) is 20.7. The Labute approximate surface area is 284 Å². The molecule has 0 spiro atoms. The van der Waals surface area contributed by atoms with Crippen molar-refractivity contribution in [2.45, 2.75) is 80.1 Å². The molecule has 5 rings (SSSR count). The van der Waals surface area contributed by atoms with Crippen LogP contribution in [-0.2, 0) is 36.7 Å². The summed E-state index contributed by atoms with van der Waals surface area (Å²) in [4.78, 5) is 20.0. The van der Waals surface area contributed by atoms with Crippen LogP contribution in [0.5, 0.6) is 0 Å². The van der Waals surface area contributed by atoms with Crippen LogP contribution in [0.4, 0.5) is 4.39 Å². The number of carbonyl (C=O) groups is 1. The maximum absolute atomic E-state index is 11.7. The number of ketones is 1. The summed E-state index contributed by atoms with van der Waals surface area (Å²) in [6, 6.07) is 21.3. The number of aliphatic hydroxyl groups excluding tert-OH is 1. The molecular formula is C38H44FIrN2O2S-. The van der Waals surface area contributed by atoms with Crippen molar-refractivity contribution in [2.24, 2.45) is 11.3 Å². The number of thiophene rings is 1. The fourth-order valence-electron chi connectivity index (χ4n) is 5.54. The standard InChI is InChI=1S/C29H29N2S.C9H15FO2.Ir/c1-28(2,3)16-18-11-12-22-24(13-18)32-27-25(30-17-31-26(22)27)20-14-19-9-7-8-10-21(19)23(15-20)29(4,5)6;1-3-7(4-2)9(12)5-8(11)6-10;/h7-13,15,17H,16H2,1-6H3;5,7,12H,3-4,6H2,1-2H3;/q-1;;/b;9-5-;. The molecule has 0 saturated carbocycles. The van der Waals surface area contributed by atoms with Crippen LogP contribution in [0, 0.1) is 17.4 Å². The molecule has 0 aliphatic carbocycles. The van der Waals surface area contributed by atoms with E-state index >= 15 is 0 Å². The van der Waals surface area contributed by atoms with Gasteiger partial charge in [0.2, 0.25) is 0 Å². The van der Waals surface area contributed by atoms with Crippen LogP contribution in [0.2, 0.25) is 0 Å². The van der Waals surface area contributed by atoms with Gasteiger partial charge in [-0.2, -0.15) is 0 Å². The fraction of sp³-hybridized carbons (Fsp3) is 0.395. The predicted molar refractivity (Wildman–Crippen MR) is 184 cm³/mol. The summed E-state index contributed by atoms with van der Waals surface area (Å²) in [6.07, 6.45) is 5.27. The Morgan fingerprint density at radius 1 is 1.00 bits per heavy atom. The van der Waals surface area contributed by atoms with Gasteiger partial charge < -0.3 is 5.11 Å². The van der Waals surface area contributed by atoms with E-state index in [1.54, 1.807) is 17.7 Å². The molecule has 0 saturated heterocycles. The van der Waals surface area contributed by atoms with Gasteiger partial charge in [-0.05, 0) is 41.7 Å². The molecule has 1 N–H and O–H groups in total. The molecule has 5 aromatic rings. The molecule has 2 aromatic heterocycles. The van der Waals surface area contributed by atoms with Crippen molar-refractivity contribution < 1.29 is 34.4 Å². The Bertz CT molecular complexity index is 1810. The summed E-state index contributed by atoms with van der Waals surface area (Å²) >= 11 is 1.80. The van der Waals surface area contributed by atoms with E-state index in [9.17, 15) is 14.3 Å². The number of aliphatic hydroxyl groups is 1. The van der Waals surface area contributed by atoms with Gasteiger partial charge in [-0.25, -0.2) is 9.37 Å². The zero-order chi connectivity index (χ0) is 32.2. The van der Waals surface area contributed by atoms with Gasteiger partial charge in [-0.15, -0.1) is 40.5 Å². The smallest absolute Gasteiger partial charge is 0.189 e. The van der Waals surface area contributed by atoms with Crippen molar-refractivity contribution in [1.82, 2.24) is 9.97 Å². The van der Waals surface area contributed by atoms with Gasteiger partial charge in [0, 0.05) is 52.6 Å². The monoisotopic (exact) mass is 804 g/mol. The number of halogens is 1. The molecule has 2 heterocycles. The Balaban J connectivity index is 0.000000365. The average Bonchev–Trinajstić information content (AvgIpc) is 3.34. The van der Waals surface area contributed by atoms with Gasteiger partial charge in [-0.3, -0.25) is 9.78 Å². The van der Waals surface area contributed by atoms with E-state index in [1.165, 1.54) is 26.6 Å². The molecule has 0 amide bonds. The Morgan fingerprint density at radius 2 is 1.69 bits per heavy atom. The van der Waals surface area contributed by atoms with Crippen LogP contribution in [0.25, 0.3) is 42.3 Å². The summed E-state index contributed by atoms with van der Waals surface area (Å²) in [5.41, 5.74) is 6.04. The second kappa shape index (κ2) is 15.1. The maximum atomic E-state index is 11.7. The minimum Gasteiger partial charge on any atom is -0.512 e. The number of allylic oxidation sites excluding steroid dienone is 2. The molecule has 3 aromatic carbocycles. The van der Waals surface area contributed by atoms with Crippen LogP contribution >= 0.6 is 11.3 Å². The van der Waals surface area contributed by atoms with Crippen LogP contribution in [0.1, 0.15) is 79.4 Å². The number of aromatic nitrogens is 2. The van der Waals surface area contributed by atoms with E-state index in [1.807, 2.05) is 13.8 Å². The maximum Gasteiger partial charge on any atom is 0.189 e. The summed E-state index contributed by atoms with van der Waals surface area (Å²) in [5, 5.41) is 12.9. The molecule has 4 nitrogen and oxygen atoms in total. The molecular weight excluding hydrogens is 760 g/mol. The third-order valence-electron chi connectivity index (χ3n) is 7.73. The van der Waals surface area contributed by atoms with E-state index in [4.69, 9.17) is 4.98 Å². The normalized spacial score (nSPS) is 12.4. The molecule has 0 aliphatic rings. The summed E-state index contributed by atoms with van der Waals surface area (Å²) < 4.78 is 14.1. The average molecular weight is 804 g/mol. The van der Waals surface area contributed by atoms with Crippen molar-refractivity contribution in [3.05, 3.63) is 83.9 Å². The number of hydrogen-bond donors (Lipinski definition) is 1. The van der Waals surface area contributed by atoms with Gasteiger partial charge in [0.1, 0.15) is 6.33 Å². The molecule has 7 heteroatoms. The third-order valence-corrected chi connectivity index (χ3v) is 8.88. The van der Waals surface area contributed by atoms with E-state index in [2.05, 4.69) is 101 Å². The van der Waals surface area contributed by atoms with E-state index < -0.39 is 12.5 Å². The topological polar surface area (TPSA) is 63.1 Å². The number of fused-ring (bicyclic) bond motifs is 4. The second-order valence-electron chi connectivity index (χ2n) is 13.6. The van der Waals surface area contributed by atoms with Gasteiger partial charge in [0.15, 0.2) is 12.5 Å². The first kappa shape index (κ1) is 36.5. The summed E-state index contributed by atoms with van der Waals surface area (Å²) in [5.74, 6) is -0.678. The minimum atomic E-state index is -1.04. The first-order valence-corrected chi connectivity index (χ1v) is 16.2. The summed E-state index contributed by atoms with van der Waals surface area (Å²) in [6.45, 7) is 16.5. The fourth-order valence-corrected chi connectivity index (χ4v) is 6.76. The molecule has 0 unspecified atom stereocenters. The number of nitrogens with zero attached hydrogens (tertiary/aromatic N) is 2.